The van der Waals surface area contributed by atoms with Crippen molar-refractivity contribution >= 4 is 27.5 Å². The Labute approximate surface area is 140 Å². The first-order valence-electron chi connectivity index (χ1n) is 8.10. The summed E-state index contributed by atoms with van der Waals surface area (Å²) < 4.78 is 3.32. The van der Waals surface area contributed by atoms with Gasteiger partial charge in [-0.15, -0.1) is 11.3 Å². The molecule has 1 unspecified atom stereocenters. The second-order valence-corrected chi connectivity index (χ2v) is 6.82. The molecule has 3 aromatic rings. The molecule has 23 heavy (non-hydrogen) atoms. The number of rotatable bonds is 6. The molecule has 120 valence electrons. The van der Waals surface area contributed by atoms with E-state index < -0.39 is 0 Å². The second-order valence-electron chi connectivity index (χ2n) is 5.87. The van der Waals surface area contributed by atoms with E-state index in [4.69, 9.17) is 0 Å². The van der Waals surface area contributed by atoms with Crippen molar-refractivity contribution in [1.29, 1.82) is 0 Å². The summed E-state index contributed by atoms with van der Waals surface area (Å²) in [6.07, 6.45) is 1.86. The van der Waals surface area contributed by atoms with Crippen LogP contribution in [0.25, 0.3) is 10.2 Å². The molecule has 0 fully saturated rings. The van der Waals surface area contributed by atoms with Gasteiger partial charge in [0, 0.05) is 12.6 Å². The van der Waals surface area contributed by atoms with E-state index in [1.165, 1.54) is 10.3 Å². The number of nitrogens with one attached hydrogen (secondary N) is 1. The standard InChI is InChI=1S/C19H22N2OS/c1-3-14(2)20-19(22)17-13-18-16(10-12-23-18)21(17)11-9-15-7-5-4-6-8-15/h4-8,10,12-14H,3,9,11H2,1-2H3,(H,20,22). The zero-order valence-electron chi connectivity index (χ0n) is 13.6. The minimum atomic E-state index is 0.0239. The van der Waals surface area contributed by atoms with E-state index in [9.17, 15) is 4.79 Å². The highest BCUT2D eigenvalue weighted by molar-refractivity contribution is 7.17. The summed E-state index contributed by atoms with van der Waals surface area (Å²) in [5.41, 5.74) is 3.21. The molecule has 2 aromatic heterocycles. The van der Waals surface area contributed by atoms with E-state index in [0.717, 1.165) is 30.6 Å². The zero-order chi connectivity index (χ0) is 16.2. The summed E-state index contributed by atoms with van der Waals surface area (Å²) in [4.78, 5) is 12.6. The lowest BCUT2D eigenvalue weighted by atomic mass is 10.1. The molecule has 0 saturated heterocycles. The van der Waals surface area contributed by atoms with Crippen molar-refractivity contribution in [1.82, 2.24) is 9.88 Å². The molecule has 1 amide bonds. The van der Waals surface area contributed by atoms with Crippen LogP contribution in [0.5, 0.6) is 0 Å². The second kappa shape index (κ2) is 7.01. The van der Waals surface area contributed by atoms with Crippen LogP contribution in [-0.2, 0) is 13.0 Å². The number of carbonyl (C=O) groups is 1. The van der Waals surface area contributed by atoms with E-state index >= 15 is 0 Å². The van der Waals surface area contributed by atoms with Crippen LogP contribution in [0, 0.1) is 0 Å². The quantitative estimate of drug-likeness (QED) is 0.712. The number of aromatic nitrogens is 1. The van der Waals surface area contributed by atoms with Crippen LogP contribution in [0.3, 0.4) is 0 Å². The number of fused-ring (bicyclic) bond motifs is 1. The van der Waals surface area contributed by atoms with Gasteiger partial charge in [0.1, 0.15) is 5.69 Å². The van der Waals surface area contributed by atoms with Gasteiger partial charge < -0.3 is 9.88 Å². The molecule has 1 atom stereocenters. The van der Waals surface area contributed by atoms with Crippen LogP contribution in [-0.4, -0.2) is 16.5 Å². The van der Waals surface area contributed by atoms with Gasteiger partial charge in [0.05, 0.1) is 10.2 Å². The van der Waals surface area contributed by atoms with Gasteiger partial charge in [-0.3, -0.25) is 4.79 Å². The number of amides is 1. The molecule has 0 saturated carbocycles. The Balaban J connectivity index is 1.86. The fraction of sp³-hybridized carbons (Fsp3) is 0.316. The molecule has 0 aliphatic heterocycles. The van der Waals surface area contributed by atoms with Gasteiger partial charge in [-0.25, -0.2) is 0 Å². The van der Waals surface area contributed by atoms with E-state index in [2.05, 4.69) is 52.5 Å². The Morgan fingerprint density at radius 1 is 1.26 bits per heavy atom. The number of aryl methyl sites for hydroxylation is 2. The molecule has 3 rings (SSSR count). The molecule has 1 aromatic carbocycles. The van der Waals surface area contributed by atoms with Crippen LogP contribution >= 0.6 is 11.3 Å². The average Bonchev–Trinajstić information content (AvgIpc) is 3.15. The summed E-state index contributed by atoms with van der Waals surface area (Å²) >= 11 is 1.69. The number of benzene rings is 1. The number of carbonyl (C=O) groups excluding carboxylic acids is 1. The minimum Gasteiger partial charge on any atom is -0.348 e. The third-order valence-corrected chi connectivity index (χ3v) is 5.07. The van der Waals surface area contributed by atoms with E-state index in [0.29, 0.717) is 0 Å². The Kier molecular flexibility index (Phi) is 4.82. The predicted octanol–water partition coefficient (Wildman–Crippen LogP) is 4.47. The Bertz CT molecular complexity index is 788. The smallest absolute Gasteiger partial charge is 0.268 e. The number of hydrogen-bond acceptors (Lipinski definition) is 2. The summed E-state index contributed by atoms with van der Waals surface area (Å²) in [7, 11) is 0. The fourth-order valence-electron chi connectivity index (χ4n) is 2.69. The molecule has 3 nitrogen and oxygen atoms in total. The molecule has 1 N–H and O–H groups in total. The van der Waals surface area contributed by atoms with Gasteiger partial charge in [0.2, 0.25) is 0 Å². The zero-order valence-corrected chi connectivity index (χ0v) is 14.4. The molecule has 2 heterocycles. The van der Waals surface area contributed by atoms with Gasteiger partial charge in [-0.05, 0) is 42.8 Å². The monoisotopic (exact) mass is 326 g/mol. The summed E-state index contributed by atoms with van der Waals surface area (Å²) in [5, 5.41) is 5.16. The van der Waals surface area contributed by atoms with Gasteiger partial charge >= 0.3 is 0 Å². The normalized spacial score (nSPS) is 12.4. The number of thiophene rings is 1. The summed E-state index contributed by atoms with van der Waals surface area (Å²) in [6, 6.07) is 14.7. The highest BCUT2D eigenvalue weighted by atomic mass is 32.1. The first kappa shape index (κ1) is 15.8. The molecule has 0 radical (unpaired) electrons. The van der Waals surface area contributed by atoms with Crippen LogP contribution in [0.1, 0.15) is 36.3 Å². The molecule has 4 heteroatoms. The first-order valence-corrected chi connectivity index (χ1v) is 8.98. The molecular formula is C19H22N2OS. The minimum absolute atomic E-state index is 0.0239. The maximum atomic E-state index is 12.6. The SMILES string of the molecule is CCC(C)NC(=O)c1cc2sccc2n1CCc1ccccc1. The lowest BCUT2D eigenvalue weighted by Gasteiger charge is -2.14. The van der Waals surface area contributed by atoms with E-state index in [1.807, 2.05) is 19.1 Å². The molecule has 0 spiro atoms. The van der Waals surface area contributed by atoms with Crippen LogP contribution < -0.4 is 5.32 Å². The molecule has 0 aliphatic carbocycles. The van der Waals surface area contributed by atoms with Gasteiger partial charge in [-0.2, -0.15) is 0 Å². The Hall–Kier alpha value is -2.07. The lowest BCUT2D eigenvalue weighted by Crippen LogP contribution is -2.33. The predicted molar refractivity (Wildman–Crippen MR) is 97.2 cm³/mol. The van der Waals surface area contributed by atoms with Crippen molar-refractivity contribution in [2.45, 2.75) is 39.3 Å². The number of hydrogen-bond donors (Lipinski definition) is 1. The van der Waals surface area contributed by atoms with E-state index in [-0.39, 0.29) is 11.9 Å². The van der Waals surface area contributed by atoms with Gasteiger partial charge in [0.15, 0.2) is 0 Å². The van der Waals surface area contributed by atoms with Crippen LogP contribution in [0.2, 0.25) is 0 Å². The van der Waals surface area contributed by atoms with Gasteiger partial charge in [-0.1, -0.05) is 37.3 Å². The fourth-order valence-corrected chi connectivity index (χ4v) is 3.51. The Morgan fingerprint density at radius 3 is 2.78 bits per heavy atom. The highest BCUT2D eigenvalue weighted by Crippen LogP contribution is 2.26. The first-order chi connectivity index (χ1) is 11.2. The third kappa shape index (κ3) is 3.48. The van der Waals surface area contributed by atoms with Gasteiger partial charge in [0.25, 0.3) is 5.91 Å². The molecule has 0 aliphatic rings. The van der Waals surface area contributed by atoms with E-state index in [1.54, 1.807) is 11.3 Å². The topological polar surface area (TPSA) is 34.0 Å². The average molecular weight is 326 g/mol. The highest BCUT2D eigenvalue weighted by Gasteiger charge is 2.17. The van der Waals surface area contributed by atoms with Crippen LogP contribution in [0.4, 0.5) is 0 Å². The summed E-state index contributed by atoms with van der Waals surface area (Å²) in [5.74, 6) is 0.0239. The van der Waals surface area contributed by atoms with Crippen LogP contribution in [0.15, 0.2) is 47.8 Å². The van der Waals surface area contributed by atoms with Crippen molar-refractivity contribution in [2.24, 2.45) is 0 Å². The largest absolute Gasteiger partial charge is 0.348 e. The molecule has 0 bridgehead atoms. The van der Waals surface area contributed by atoms with Crippen molar-refractivity contribution in [3.63, 3.8) is 0 Å². The third-order valence-electron chi connectivity index (χ3n) is 4.21. The van der Waals surface area contributed by atoms with Crippen molar-refractivity contribution in [3.05, 3.63) is 59.1 Å². The summed E-state index contributed by atoms with van der Waals surface area (Å²) in [6.45, 7) is 4.93. The Morgan fingerprint density at radius 2 is 2.04 bits per heavy atom. The number of nitrogens with zero attached hydrogens (tertiary/aromatic N) is 1. The molecular weight excluding hydrogens is 304 g/mol. The van der Waals surface area contributed by atoms with Crippen molar-refractivity contribution in [2.75, 3.05) is 0 Å². The van der Waals surface area contributed by atoms with Crippen molar-refractivity contribution < 1.29 is 4.79 Å². The maximum absolute atomic E-state index is 12.6. The van der Waals surface area contributed by atoms with Crippen molar-refractivity contribution in [3.8, 4) is 0 Å². The lowest BCUT2D eigenvalue weighted by molar-refractivity contribution is 0.0930. The maximum Gasteiger partial charge on any atom is 0.268 e.